The SMILES string of the molecule is c1ccc(-c2nnc(-c3ccc4ccccc4c3)s2)cc1. The number of rotatable bonds is 2. The Morgan fingerprint density at radius 3 is 2.05 bits per heavy atom. The summed E-state index contributed by atoms with van der Waals surface area (Å²) in [5.41, 5.74) is 2.23. The van der Waals surface area contributed by atoms with Crippen LogP contribution in [0.4, 0.5) is 0 Å². The molecule has 0 radical (unpaired) electrons. The van der Waals surface area contributed by atoms with Crippen LogP contribution < -0.4 is 0 Å². The number of fused-ring (bicyclic) bond motifs is 1. The Balaban J connectivity index is 1.77. The van der Waals surface area contributed by atoms with Crippen LogP contribution in [0, 0.1) is 0 Å². The van der Waals surface area contributed by atoms with Crippen LogP contribution in [-0.2, 0) is 0 Å². The number of benzene rings is 3. The van der Waals surface area contributed by atoms with Crippen molar-refractivity contribution in [2.24, 2.45) is 0 Å². The minimum atomic E-state index is 0.957. The highest BCUT2D eigenvalue weighted by atomic mass is 32.1. The third-order valence-corrected chi connectivity index (χ3v) is 4.46. The van der Waals surface area contributed by atoms with Crippen molar-refractivity contribution in [3.05, 3.63) is 72.8 Å². The van der Waals surface area contributed by atoms with Gasteiger partial charge in [0.1, 0.15) is 10.0 Å². The van der Waals surface area contributed by atoms with E-state index < -0.39 is 0 Å². The Morgan fingerprint density at radius 1 is 0.571 bits per heavy atom. The van der Waals surface area contributed by atoms with Gasteiger partial charge in [-0.1, -0.05) is 78.1 Å². The van der Waals surface area contributed by atoms with Gasteiger partial charge in [-0.2, -0.15) is 0 Å². The summed E-state index contributed by atoms with van der Waals surface area (Å²) in [5, 5.41) is 13.0. The Hall–Kier alpha value is -2.52. The fourth-order valence-electron chi connectivity index (χ4n) is 2.36. The quantitative estimate of drug-likeness (QED) is 0.517. The minimum absolute atomic E-state index is 0.957. The third-order valence-electron chi connectivity index (χ3n) is 3.44. The molecule has 0 atom stereocenters. The Morgan fingerprint density at radius 2 is 1.24 bits per heavy atom. The maximum Gasteiger partial charge on any atom is 0.148 e. The van der Waals surface area contributed by atoms with Crippen LogP contribution in [0.25, 0.3) is 31.9 Å². The fraction of sp³-hybridized carbons (Fsp3) is 0. The first-order valence-corrected chi connectivity index (χ1v) is 7.60. The molecule has 3 aromatic carbocycles. The van der Waals surface area contributed by atoms with Gasteiger partial charge >= 0.3 is 0 Å². The molecule has 1 heterocycles. The molecule has 0 N–H and O–H groups in total. The molecule has 0 aliphatic carbocycles. The second-order valence-corrected chi connectivity index (χ2v) is 5.82. The van der Waals surface area contributed by atoms with Gasteiger partial charge in [0.2, 0.25) is 0 Å². The van der Waals surface area contributed by atoms with Gasteiger partial charge in [-0.05, 0) is 16.8 Å². The van der Waals surface area contributed by atoms with Crippen molar-refractivity contribution in [3.8, 4) is 21.1 Å². The van der Waals surface area contributed by atoms with Gasteiger partial charge in [0.05, 0.1) is 0 Å². The van der Waals surface area contributed by atoms with Crippen LogP contribution in [0.15, 0.2) is 72.8 Å². The molecule has 4 aromatic rings. The number of hydrogen-bond donors (Lipinski definition) is 0. The molecule has 0 spiro atoms. The minimum Gasteiger partial charge on any atom is -0.138 e. The highest BCUT2D eigenvalue weighted by molar-refractivity contribution is 7.17. The van der Waals surface area contributed by atoms with E-state index in [1.54, 1.807) is 11.3 Å². The first kappa shape index (κ1) is 12.2. The zero-order chi connectivity index (χ0) is 14.1. The topological polar surface area (TPSA) is 25.8 Å². The second-order valence-electron chi connectivity index (χ2n) is 4.84. The molecule has 3 heteroatoms. The van der Waals surface area contributed by atoms with E-state index in [1.165, 1.54) is 10.8 Å². The molecule has 0 saturated carbocycles. The van der Waals surface area contributed by atoms with Gasteiger partial charge in [0.15, 0.2) is 0 Å². The molecule has 0 aliphatic heterocycles. The summed E-state index contributed by atoms with van der Waals surface area (Å²) < 4.78 is 0. The lowest BCUT2D eigenvalue weighted by atomic mass is 10.1. The fourth-order valence-corrected chi connectivity index (χ4v) is 3.20. The molecule has 100 valence electrons. The summed E-state index contributed by atoms with van der Waals surface area (Å²) in [6.45, 7) is 0. The van der Waals surface area contributed by atoms with Crippen LogP contribution in [0.5, 0.6) is 0 Å². The summed E-state index contributed by atoms with van der Waals surface area (Å²) in [6, 6.07) is 24.9. The van der Waals surface area contributed by atoms with E-state index in [9.17, 15) is 0 Å². The van der Waals surface area contributed by atoms with Gasteiger partial charge in [0, 0.05) is 11.1 Å². The molecular weight excluding hydrogens is 276 g/mol. The maximum absolute atomic E-state index is 4.34. The number of aromatic nitrogens is 2. The average molecular weight is 288 g/mol. The summed E-state index contributed by atoms with van der Waals surface area (Å²) >= 11 is 1.63. The van der Waals surface area contributed by atoms with Crippen LogP contribution in [0.1, 0.15) is 0 Å². The lowest BCUT2D eigenvalue weighted by Crippen LogP contribution is -1.78. The van der Waals surface area contributed by atoms with E-state index in [0.29, 0.717) is 0 Å². The predicted octanol–water partition coefficient (Wildman–Crippen LogP) is 5.03. The molecule has 21 heavy (non-hydrogen) atoms. The van der Waals surface area contributed by atoms with E-state index in [4.69, 9.17) is 0 Å². The van der Waals surface area contributed by atoms with E-state index in [2.05, 4.69) is 64.8 Å². The molecule has 0 fully saturated rings. The smallest absolute Gasteiger partial charge is 0.138 e. The average Bonchev–Trinajstić information content (AvgIpc) is 3.05. The van der Waals surface area contributed by atoms with Crippen LogP contribution in [-0.4, -0.2) is 10.2 Å². The Kier molecular flexibility index (Phi) is 2.98. The Labute approximate surface area is 126 Å². The van der Waals surface area contributed by atoms with Crippen LogP contribution >= 0.6 is 11.3 Å². The van der Waals surface area contributed by atoms with Crippen LogP contribution in [0.2, 0.25) is 0 Å². The first-order valence-electron chi connectivity index (χ1n) is 6.78. The highest BCUT2D eigenvalue weighted by Crippen LogP contribution is 2.31. The van der Waals surface area contributed by atoms with Crippen molar-refractivity contribution in [1.29, 1.82) is 0 Å². The molecule has 2 nitrogen and oxygen atoms in total. The number of hydrogen-bond acceptors (Lipinski definition) is 3. The molecule has 1 aromatic heterocycles. The predicted molar refractivity (Wildman–Crippen MR) is 88.3 cm³/mol. The van der Waals surface area contributed by atoms with E-state index in [-0.39, 0.29) is 0 Å². The van der Waals surface area contributed by atoms with E-state index in [0.717, 1.165) is 21.1 Å². The molecule has 0 unspecified atom stereocenters. The van der Waals surface area contributed by atoms with Crippen LogP contribution in [0.3, 0.4) is 0 Å². The van der Waals surface area contributed by atoms with Gasteiger partial charge < -0.3 is 0 Å². The summed E-state index contributed by atoms with van der Waals surface area (Å²) in [6.07, 6.45) is 0. The summed E-state index contributed by atoms with van der Waals surface area (Å²) in [5.74, 6) is 0. The van der Waals surface area contributed by atoms with Crippen molar-refractivity contribution in [2.75, 3.05) is 0 Å². The van der Waals surface area contributed by atoms with Crippen molar-refractivity contribution in [2.45, 2.75) is 0 Å². The van der Waals surface area contributed by atoms with E-state index >= 15 is 0 Å². The van der Waals surface area contributed by atoms with Crippen molar-refractivity contribution in [1.82, 2.24) is 10.2 Å². The zero-order valence-electron chi connectivity index (χ0n) is 11.2. The monoisotopic (exact) mass is 288 g/mol. The maximum atomic E-state index is 4.34. The van der Waals surface area contributed by atoms with Gasteiger partial charge in [-0.3, -0.25) is 0 Å². The molecule has 0 aliphatic rings. The van der Waals surface area contributed by atoms with Gasteiger partial charge in [-0.15, -0.1) is 10.2 Å². The lowest BCUT2D eigenvalue weighted by molar-refractivity contribution is 1.10. The molecule has 0 amide bonds. The van der Waals surface area contributed by atoms with Crippen molar-refractivity contribution in [3.63, 3.8) is 0 Å². The first-order chi connectivity index (χ1) is 10.4. The highest BCUT2D eigenvalue weighted by Gasteiger charge is 2.08. The normalized spacial score (nSPS) is 10.9. The molecule has 0 saturated heterocycles. The lowest BCUT2D eigenvalue weighted by Gasteiger charge is -1.99. The van der Waals surface area contributed by atoms with E-state index in [1.807, 2.05) is 18.2 Å². The second kappa shape index (κ2) is 5.11. The molecular formula is C18H12N2S. The Bertz CT molecular complexity index is 897. The zero-order valence-corrected chi connectivity index (χ0v) is 12.0. The summed E-state index contributed by atoms with van der Waals surface area (Å²) in [7, 11) is 0. The van der Waals surface area contributed by atoms with Crippen molar-refractivity contribution >= 4 is 22.1 Å². The largest absolute Gasteiger partial charge is 0.148 e. The molecule has 0 bridgehead atoms. The van der Waals surface area contributed by atoms with Gasteiger partial charge in [0.25, 0.3) is 0 Å². The standard InChI is InChI=1S/C18H12N2S/c1-2-7-14(8-3-1)17-19-20-18(21-17)16-11-10-13-6-4-5-9-15(13)12-16/h1-12H. The summed E-state index contributed by atoms with van der Waals surface area (Å²) in [4.78, 5) is 0. The van der Waals surface area contributed by atoms with Gasteiger partial charge in [-0.25, -0.2) is 0 Å². The van der Waals surface area contributed by atoms with Crippen molar-refractivity contribution < 1.29 is 0 Å². The molecule has 4 rings (SSSR count). The number of nitrogens with zero attached hydrogens (tertiary/aromatic N) is 2. The third kappa shape index (κ3) is 2.32.